The van der Waals surface area contributed by atoms with Crippen LogP contribution in [-0.2, 0) is 19.8 Å². The van der Waals surface area contributed by atoms with Crippen LogP contribution in [0.15, 0.2) is 67.0 Å². The maximum absolute atomic E-state index is 13.5. The van der Waals surface area contributed by atoms with Crippen LogP contribution < -0.4 is 4.90 Å². The molecule has 0 atom stereocenters. The molecule has 1 aliphatic heterocycles. The van der Waals surface area contributed by atoms with Crippen LogP contribution in [0.4, 0.5) is 18.9 Å². The standard InChI is InChI=1S/C25H17F3N4O3/c1-31-13-29-30-22(31)18-6-3-2-5-17(18)14-9-15(24(34)35)11-16(10-14)32-12-20-19(23(32)33)7-4-8-21(20)25(26,27)28/h2-11,13H,12H2,1H3,(H,34,35). The van der Waals surface area contributed by atoms with Crippen molar-refractivity contribution < 1.29 is 27.9 Å². The van der Waals surface area contributed by atoms with Crippen molar-refractivity contribution in [3.63, 3.8) is 0 Å². The number of aryl methyl sites for hydroxylation is 1. The summed E-state index contributed by atoms with van der Waals surface area (Å²) in [6, 6.07) is 15.0. The number of carbonyl (C=O) groups excluding carboxylic acids is 1. The molecular formula is C25H17F3N4O3. The molecule has 0 bridgehead atoms. The van der Waals surface area contributed by atoms with Gasteiger partial charge >= 0.3 is 12.1 Å². The van der Waals surface area contributed by atoms with Crippen LogP contribution in [0.5, 0.6) is 0 Å². The van der Waals surface area contributed by atoms with E-state index in [1.165, 1.54) is 35.5 Å². The van der Waals surface area contributed by atoms with Gasteiger partial charge in [-0.1, -0.05) is 30.3 Å². The number of benzene rings is 3. The molecule has 10 heteroatoms. The number of hydrogen-bond acceptors (Lipinski definition) is 4. The van der Waals surface area contributed by atoms with Crippen LogP contribution in [-0.4, -0.2) is 31.7 Å². The van der Waals surface area contributed by atoms with Gasteiger partial charge in [0.25, 0.3) is 5.91 Å². The second kappa shape index (κ2) is 8.08. The van der Waals surface area contributed by atoms with Crippen LogP contribution in [0, 0.1) is 0 Å². The van der Waals surface area contributed by atoms with Gasteiger partial charge in [-0.05, 0) is 47.0 Å². The molecule has 7 nitrogen and oxygen atoms in total. The molecule has 0 fully saturated rings. The largest absolute Gasteiger partial charge is 0.478 e. The smallest absolute Gasteiger partial charge is 0.416 e. The van der Waals surface area contributed by atoms with Gasteiger partial charge in [0.1, 0.15) is 6.33 Å². The number of carbonyl (C=O) groups is 2. The van der Waals surface area contributed by atoms with Crippen molar-refractivity contribution in [1.29, 1.82) is 0 Å². The van der Waals surface area contributed by atoms with Crippen molar-refractivity contribution in [1.82, 2.24) is 14.8 Å². The summed E-state index contributed by atoms with van der Waals surface area (Å²) in [7, 11) is 1.77. The lowest BCUT2D eigenvalue weighted by Crippen LogP contribution is -2.23. The third-order valence-electron chi connectivity index (χ3n) is 5.94. The normalized spacial score (nSPS) is 13.3. The number of aromatic nitrogens is 3. The molecule has 5 rings (SSSR count). The van der Waals surface area contributed by atoms with E-state index in [4.69, 9.17) is 0 Å². The Bertz CT molecular complexity index is 1490. The Hall–Kier alpha value is -4.47. The van der Waals surface area contributed by atoms with Gasteiger partial charge in [0.2, 0.25) is 0 Å². The highest BCUT2D eigenvalue weighted by atomic mass is 19.4. The predicted molar refractivity (Wildman–Crippen MR) is 121 cm³/mol. The van der Waals surface area contributed by atoms with Gasteiger partial charge in [0.05, 0.1) is 17.7 Å². The number of carboxylic acid groups (broad SMARTS) is 1. The Morgan fingerprint density at radius 3 is 2.37 bits per heavy atom. The number of hydrogen-bond donors (Lipinski definition) is 1. The highest BCUT2D eigenvalue weighted by Crippen LogP contribution is 2.40. The predicted octanol–water partition coefficient (Wildman–Crippen LogP) is 5.03. The first-order valence-corrected chi connectivity index (χ1v) is 10.5. The average molecular weight is 478 g/mol. The highest BCUT2D eigenvalue weighted by Gasteiger charge is 2.39. The molecule has 1 N–H and O–H groups in total. The van der Waals surface area contributed by atoms with Gasteiger partial charge in [-0.15, -0.1) is 10.2 Å². The number of carboxylic acids is 1. The number of amides is 1. The fraction of sp³-hybridized carbons (Fsp3) is 0.120. The van der Waals surface area contributed by atoms with Crippen molar-refractivity contribution in [2.24, 2.45) is 7.05 Å². The Morgan fingerprint density at radius 1 is 1.00 bits per heavy atom. The number of fused-ring (bicyclic) bond motifs is 1. The molecule has 0 saturated heterocycles. The minimum Gasteiger partial charge on any atom is -0.478 e. The minimum atomic E-state index is -4.62. The molecule has 1 amide bonds. The van der Waals surface area contributed by atoms with Crippen LogP contribution in [0.1, 0.15) is 31.8 Å². The second-order valence-electron chi connectivity index (χ2n) is 8.11. The average Bonchev–Trinajstić information content (AvgIpc) is 3.41. The molecule has 2 heterocycles. The quantitative estimate of drug-likeness (QED) is 0.445. The Labute approximate surface area is 197 Å². The van der Waals surface area contributed by atoms with Gasteiger partial charge < -0.3 is 14.6 Å². The first-order valence-electron chi connectivity index (χ1n) is 10.5. The molecule has 0 aliphatic carbocycles. The summed E-state index contributed by atoms with van der Waals surface area (Å²) in [4.78, 5) is 26.2. The lowest BCUT2D eigenvalue weighted by molar-refractivity contribution is -0.138. The number of aromatic carboxylic acids is 1. The maximum Gasteiger partial charge on any atom is 0.416 e. The van der Waals surface area contributed by atoms with Gasteiger partial charge in [-0.2, -0.15) is 13.2 Å². The second-order valence-corrected chi connectivity index (χ2v) is 8.11. The first-order chi connectivity index (χ1) is 16.6. The van der Waals surface area contributed by atoms with E-state index in [0.717, 1.165) is 6.07 Å². The van der Waals surface area contributed by atoms with E-state index in [1.54, 1.807) is 41.9 Å². The third kappa shape index (κ3) is 3.82. The zero-order chi connectivity index (χ0) is 24.9. The molecule has 1 aromatic heterocycles. The number of halogens is 3. The Balaban J connectivity index is 1.65. The lowest BCUT2D eigenvalue weighted by Gasteiger charge is -2.19. The van der Waals surface area contributed by atoms with Crippen molar-refractivity contribution in [2.45, 2.75) is 12.7 Å². The molecule has 3 aromatic carbocycles. The Kier molecular flexibility index (Phi) is 5.16. The van der Waals surface area contributed by atoms with Gasteiger partial charge in [-0.3, -0.25) is 4.79 Å². The fourth-order valence-electron chi connectivity index (χ4n) is 4.31. The van der Waals surface area contributed by atoms with E-state index >= 15 is 0 Å². The number of alkyl halides is 3. The van der Waals surface area contributed by atoms with Crippen LogP contribution >= 0.6 is 0 Å². The van der Waals surface area contributed by atoms with E-state index in [0.29, 0.717) is 22.5 Å². The third-order valence-corrected chi connectivity index (χ3v) is 5.94. The molecular weight excluding hydrogens is 461 g/mol. The van der Waals surface area contributed by atoms with Crippen molar-refractivity contribution >= 4 is 17.6 Å². The molecule has 4 aromatic rings. The highest BCUT2D eigenvalue weighted by molar-refractivity contribution is 6.11. The Morgan fingerprint density at radius 2 is 1.71 bits per heavy atom. The van der Waals surface area contributed by atoms with Crippen LogP contribution in [0.2, 0.25) is 0 Å². The van der Waals surface area contributed by atoms with Crippen LogP contribution in [0.25, 0.3) is 22.5 Å². The number of anilines is 1. The van der Waals surface area contributed by atoms with Crippen LogP contribution in [0.3, 0.4) is 0 Å². The van der Waals surface area contributed by atoms with Gasteiger partial charge in [0.15, 0.2) is 5.82 Å². The molecule has 176 valence electrons. The topological polar surface area (TPSA) is 88.3 Å². The van der Waals surface area contributed by atoms with E-state index in [2.05, 4.69) is 10.2 Å². The molecule has 0 spiro atoms. The number of rotatable bonds is 4. The molecule has 0 unspecified atom stereocenters. The van der Waals surface area contributed by atoms with E-state index < -0.39 is 23.6 Å². The van der Waals surface area contributed by atoms with Crippen molar-refractivity contribution in [3.8, 4) is 22.5 Å². The summed E-state index contributed by atoms with van der Waals surface area (Å²) in [5.41, 5.74) is 0.788. The monoisotopic (exact) mass is 478 g/mol. The minimum absolute atomic E-state index is 0.0541. The van der Waals surface area contributed by atoms with E-state index in [9.17, 15) is 27.9 Å². The van der Waals surface area contributed by atoms with Crippen molar-refractivity contribution in [2.75, 3.05) is 4.90 Å². The zero-order valence-corrected chi connectivity index (χ0v) is 18.2. The van der Waals surface area contributed by atoms with Gasteiger partial charge in [0, 0.05) is 23.9 Å². The summed E-state index contributed by atoms with van der Waals surface area (Å²) in [6.45, 7) is -0.322. The molecule has 1 aliphatic rings. The molecule has 35 heavy (non-hydrogen) atoms. The fourth-order valence-corrected chi connectivity index (χ4v) is 4.31. The molecule has 0 saturated carbocycles. The molecule has 0 radical (unpaired) electrons. The summed E-state index contributed by atoms with van der Waals surface area (Å²) in [5, 5.41) is 17.8. The van der Waals surface area contributed by atoms with E-state index in [-0.39, 0.29) is 28.9 Å². The van der Waals surface area contributed by atoms with Crippen molar-refractivity contribution in [3.05, 3.63) is 89.2 Å². The van der Waals surface area contributed by atoms with Gasteiger partial charge in [-0.25, -0.2) is 4.79 Å². The van der Waals surface area contributed by atoms with E-state index in [1.807, 2.05) is 0 Å². The SMILES string of the molecule is Cn1cnnc1-c1ccccc1-c1cc(C(=O)O)cc(N2Cc3c(cccc3C(F)(F)F)C2=O)c1. The summed E-state index contributed by atoms with van der Waals surface area (Å²) < 4.78 is 42.3. The maximum atomic E-state index is 13.5. The number of nitrogens with zero attached hydrogens (tertiary/aromatic N) is 4. The summed E-state index contributed by atoms with van der Waals surface area (Å²) in [5.74, 6) is -1.31. The summed E-state index contributed by atoms with van der Waals surface area (Å²) in [6.07, 6.45) is -3.09. The first kappa shape index (κ1) is 22.3. The summed E-state index contributed by atoms with van der Waals surface area (Å²) >= 11 is 0. The lowest BCUT2D eigenvalue weighted by atomic mass is 9.96. The zero-order valence-electron chi connectivity index (χ0n) is 18.2.